The lowest BCUT2D eigenvalue weighted by Gasteiger charge is -2.34. The molecule has 1 heterocycles. The van der Waals surface area contributed by atoms with E-state index in [1.54, 1.807) is 29.1 Å². The summed E-state index contributed by atoms with van der Waals surface area (Å²) in [5, 5.41) is 0. The van der Waals surface area contributed by atoms with Crippen LogP contribution >= 0.6 is 0 Å². The number of carbonyl (C=O) groups excluding carboxylic acids is 2. The van der Waals surface area contributed by atoms with E-state index in [4.69, 9.17) is 9.47 Å². The van der Waals surface area contributed by atoms with Crippen LogP contribution in [-0.4, -0.2) is 61.5 Å². The standard InChI is InChI=1S/C23H26N2O4/c1-3-29-21-17-18(9-11-20(21)28-2)10-12-22(26)24-13-15-25(16-14-24)23(27)19-7-5-4-6-8-19/h4-12,17H,3,13-16H2,1-2H3/b12-10+. The molecule has 2 amide bonds. The van der Waals surface area contributed by atoms with Crippen LogP contribution in [0.15, 0.2) is 54.6 Å². The zero-order valence-electron chi connectivity index (χ0n) is 16.8. The first-order valence-corrected chi connectivity index (χ1v) is 9.74. The van der Waals surface area contributed by atoms with Crippen LogP contribution in [0.2, 0.25) is 0 Å². The number of benzene rings is 2. The molecular weight excluding hydrogens is 368 g/mol. The minimum absolute atomic E-state index is 0.00919. The van der Waals surface area contributed by atoms with Gasteiger partial charge >= 0.3 is 0 Å². The van der Waals surface area contributed by atoms with Gasteiger partial charge in [-0.25, -0.2) is 0 Å². The van der Waals surface area contributed by atoms with Crippen molar-refractivity contribution in [1.29, 1.82) is 0 Å². The molecule has 0 saturated carbocycles. The monoisotopic (exact) mass is 394 g/mol. The van der Waals surface area contributed by atoms with E-state index in [1.165, 1.54) is 0 Å². The number of carbonyl (C=O) groups is 2. The van der Waals surface area contributed by atoms with Crippen molar-refractivity contribution in [2.75, 3.05) is 39.9 Å². The summed E-state index contributed by atoms with van der Waals surface area (Å²) in [6.45, 7) is 4.56. The van der Waals surface area contributed by atoms with Gasteiger partial charge in [0.2, 0.25) is 5.91 Å². The second kappa shape index (κ2) is 9.78. The Bertz CT molecular complexity index is 872. The molecule has 1 fully saturated rings. The summed E-state index contributed by atoms with van der Waals surface area (Å²) in [5.74, 6) is 1.26. The molecule has 0 aromatic heterocycles. The predicted molar refractivity (Wildman–Crippen MR) is 112 cm³/mol. The summed E-state index contributed by atoms with van der Waals surface area (Å²) in [5.41, 5.74) is 1.54. The van der Waals surface area contributed by atoms with Gasteiger partial charge in [-0.3, -0.25) is 9.59 Å². The second-order valence-corrected chi connectivity index (χ2v) is 6.66. The van der Waals surface area contributed by atoms with E-state index in [0.29, 0.717) is 49.8 Å². The third kappa shape index (κ3) is 5.16. The summed E-state index contributed by atoms with van der Waals surface area (Å²) in [6, 6.07) is 14.8. The Morgan fingerprint density at radius 2 is 1.66 bits per heavy atom. The molecule has 2 aromatic carbocycles. The van der Waals surface area contributed by atoms with Gasteiger partial charge in [0.05, 0.1) is 13.7 Å². The van der Waals surface area contributed by atoms with Crippen molar-refractivity contribution in [2.24, 2.45) is 0 Å². The number of ether oxygens (including phenoxy) is 2. The van der Waals surface area contributed by atoms with Crippen molar-refractivity contribution in [1.82, 2.24) is 9.80 Å². The third-order valence-electron chi connectivity index (χ3n) is 4.81. The minimum atomic E-state index is -0.0643. The molecule has 0 bridgehead atoms. The first-order chi connectivity index (χ1) is 14.1. The number of piperazine rings is 1. The van der Waals surface area contributed by atoms with Crippen molar-refractivity contribution in [3.05, 3.63) is 65.7 Å². The first kappa shape index (κ1) is 20.5. The maximum atomic E-state index is 12.5. The third-order valence-corrected chi connectivity index (χ3v) is 4.81. The minimum Gasteiger partial charge on any atom is -0.493 e. The number of nitrogens with zero attached hydrogens (tertiary/aromatic N) is 2. The van der Waals surface area contributed by atoms with Crippen LogP contribution in [0, 0.1) is 0 Å². The van der Waals surface area contributed by atoms with Crippen LogP contribution in [0.3, 0.4) is 0 Å². The number of rotatable bonds is 6. The summed E-state index contributed by atoms with van der Waals surface area (Å²) in [7, 11) is 1.60. The number of hydrogen-bond acceptors (Lipinski definition) is 4. The molecule has 6 nitrogen and oxygen atoms in total. The van der Waals surface area contributed by atoms with Crippen LogP contribution in [-0.2, 0) is 4.79 Å². The highest BCUT2D eigenvalue weighted by Gasteiger charge is 2.23. The normalized spacial score (nSPS) is 14.1. The zero-order chi connectivity index (χ0) is 20.6. The van der Waals surface area contributed by atoms with Crippen LogP contribution in [0.1, 0.15) is 22.8 Å². The molecule has 1 aliphatic rings. The lowest BCUT2D eigenvalue weighted by molar-refractivity contribution is -0.127. The van der Waals surface area contributed by atoms with Gasteiger partial charge in [0.1, 0.15) is 0 Å². The second-order valence-electron chi connectivity index (χ2n) is 6.66. The average molecular weight is 394 g/mol. The van der Waals surface area contributed by atoms with Gasteiger partial charge in [-0.2, -0.15) is 0 Å². The number of methoxy groups -OCH3 is 1. The van der Waals surface area contributed by atoms with Crippen molar-refractivity contribution in [3.63, 3.8) is 0 Å². The smallest absolute Gasteiger partial charge is 0.253 e. The average Bonchev–Trinajstić information content (AvgIpc) is 2.78. The lowest BCUT2D eigenvalue weighted by Crippen LogP contribution is -2.50. The highest BCUT2D eigenvalue weighted by Crippen LogP contribution is 2.28. The lowest BCUT2D eigenvalue weighted by atomic mass is 10.1. The van der Waals surface area contributed by atoms with Gasteiger partial charge in [-0.05, 0) is 42.8 Å². The molecule has 0 unspecified atom stereocenters. The molecule has 0 atom stereocenters. The fourth-order valence-corrected chi connectivity index (χ4v) is 3.23. The Hall–Kier alpha value is -3.28. The molecule has 0 radical (unpaired) electrons. The van der Waals surface area contributed by atoms with Gasteiger partial charge < -0.3 is 19.3 Å². The topological polar surface area (TPSA) is 59.1 Å². The Kier molecular flexibility index (Phi) is 6.89. The molecule has 2 aromatic rings. The van der Waals surface area contributed by atoms with Gasteiger partial charge in [0.25, 0.3) is 5.91 Å². The van der Waals surface area contributed by atoms with Crippen molar-refractivity contribution < 1.29 is 19.1 Å². The van der Waals surface area contributed by atoms with Crippen molar-refractivity contribution in [3.8, 4) is 11.5 Å². The van der Waals surface area contributed by atoms with E-state index in [1.807, 2.05) is 55.5 Å². The van der Waals surface area contributed by atoms with E-state index in [-0.39, 0.29) is 11.8 Å². The fourth-order valence-electron chi connectivity index (χ4n) is 3.23. The molecule has 6 heteroatoms. The van der Waals surface area contributed by atoms with E-state index < -0.39 is 0 Å². The largest absolute Gasteiger partial charge is 0.493 e. The molecule has 1 saturated heterocycles. The molecular formula is C23H26N2O4. The van der Waals surface area contributed by atoms with Gasteiger partial charge in [0, 0.05) is 37.8 Å². The van der Waals surface area contributed by atoms with E-state index >= 15 is 0 Å². The van der Waals surface area contributed by atoms with Gasteiger partial charge in [-0.15, -0.1) is 0 Å². The quantitative estimate of drug-likeness (QED) is 0.707. The summed E-state index contributed by atoms with van der Waals surface area (Å²) in [4.78, 5) is 28.6. The maximum Gasteiger partial charge on any atom is 0.253 e. The van der Waals surface area contributed by atoms with E-state index in [0.717, 1.165) is 5.56 Å². The van der Waals surface area contributed by atoms with Crippen molar-refractivity contribution >= 4 is 17.9 Å². The molecule has 1 aliphatic heterocycles. The van der Waals surface area contributed by atoms with Gasteiger partial charge in [0.15, 0.2) is 11.5 Å². The molecule has 0 N–H and O–H groups in total. The summed E-state index contributed by atoms with van der Waals surface area (Å²) < 4.78 is 10.8. The Morgan fingerprint density at radius 3 is 2.31 bits per heavy atom. The highest BCUT2D eigenvalue weighted by molar-refractivity contribution is 5.95. The van der Waals surface area contributed by atoms with Crippen molar-refractivity contribution in [2.45, 2.75) is 6.92 Å². The summed E-state index contributed by atoms with van der Waals surface area (Å²) in [6.07, 6.45) is 3.33. The maximum absolute atomic E-state index is 12.5. The van der Waals surface area contributed by atoms with Crippen LogP contribution < -0.4 is 9.47 Å². The zero-order valence-corrected chi connectivity index (χ0v) is 16.8. The van der Waals surface area contributed by atoms with E-state index in [9.17, 15) is 9.59 Å². The number of hydrogen-bond donors (Lipinski definition) is 0. The molecule has 0 aliphatic carbocycles. The van der Waals surface area contributed by atoms with Crippen LogP contribution in [0.25, 0.3) is 6.08 Å². The Balaban J connectivity index is 1.57. The Morgan fingerprint density at radius 1 is 0.966 bits per heavy atom. The van der Waals surface area contributed by atoms with Crippen LogP contribution in [0.5, 0.6) is 11.5 Å². The summed E-state index contributed by atoms with van der Waals surface area (Å²) >= 11 is 0. The number of amides is 2. The van der Waals surface area contributed by atoms with Gasteiger partial charge in [-0.1, -0.05) is 24.3 Å². The highest BCUT2D eigenvalue weighted by atomic mass is 16.5. The SMILES string of the molecule is CCOc1cc(/C=C/C(=O)N2CCN(C(=O)c3ccccc3)CC2)ccc1OC. The first-order valence-electron chi connectivity index (χ1n) is 9.74. The Labute approximate surface area is 171 Å². The van der Waals surface area contributed by atoms with Crippen LogP contribution in [0.4, 0.5) is 0 Å². The molecule has 29 heavy (non-hydrogen) atoms. The van der Waals surface area contributed by atoms with E-state index in [2.05, 4.69) is 0 Å². The molecule has 3 rings (SSSR count). The molecule has 0 spiro atoms. The molecule has 152 valence electrons. The fraction of sp³-hybridized carbons (Fsp3) is 0.304. The predicted octanol–water partition coefficient (Wildman–Crippen LogP) is 3.09.